The Labute approximate surface area is 447 Å². The standard InChI is InChI=1S/C48H18F36P/c49-37(50,51)19-7-1-13-25(31(19)43(67,68)69)85(26-14-2-8-20(38(52,53)54)32(26)44(70,71)72,27-15-3-9-21(39(55,56)57)33(27)45(73,74)75,28-16-4-10-22(40(58,59)60)34(28)46(76,77)78,29-17-5-11-23(41(61,62)63)35(29)47(79,80)81)30-18-6-12-24(42(64,65)66)36(30)48(82,83)84/h1-18H/q-1/p+1. The molecular weight excluding hydrogens is 1290 g/mol. The number of hydrogen-bond donors (Lipinski definition) is 0. The average molecular weight is 1310 g/mol. The Morgan fingerprint density at radius 3 is 0.353 bits per heavy atom. The maximum absolute atomic E-state index is 16.8. The summed E-state index contributed by atoms with van der Waals surface area (Å²) in [5.41, 5.74) is -55.0. The maximum atomic E-state index is 16.8. The third-order valence-corrected chi connectivity index (χ3v) is 22.9. The molecule has 468 valence electrons. The summed E-state index contributed by atoms with van der Waals surface area (Å²) in [6, 6.07) is -25.1. The SMILES string of the molecule is FC(F)(F)c1cccc([P-](c2cccc(C(F)(F)F)c2C(F)(F)F)(c2cccc(C(F)(F)F)c2C(F)(F)F)(c2cccc(C(F)(F)F)c2C(F)(F)F)(c2cccc(C(F)(F)F)c2C(F)(F)F)c2cccc(C(F)(F)F)c2C(F)(F)F)c1C(F)(F)F.[H+]. The Hall–Kier alpha value is -6.77. The second kappa shape index (κ2) is 19.4. The van der Waals surface area contributed by atoms with Crippen molar-refractivity contribution < 1.29 is 159 Å². The van der Waals surface area contributed by atoms with Gasteiger partial charge in [-0.3, -0.25) is 0 Å². The molecule has 0 aliphatic rings. The predicted octanol–water partition coefficient (Wildman–Crippen LogP) is 18.4. The van der Waals surface area contributed by atoms with Crippen molar-refractivity contribution in [1.29, 1.82) is 0 Å². The van der Waals surface area contributed by atoms with Crippen LogP contribution in [0.4, 0.5) is 158 Å². The van der Waals surface area contributed by atoms with Crippen LogP contribution in [0, 0.1) is 0 Å². The van der Waals surface area contributed by atoms with E-state index in [1.165, 1.54) is 0 Å². The Morgan fingerprint density at radius 2 is 0.271 bits per heavy atom. The van der Waals surface area contributed by atoms with Crippen molar-refractivity contribution in [2.75, 3.05) is 0 Å². The summed E-state index contributed by atoms with van der Waals surface area (Å²) in [6.07, 6.45) is -94.0. The van der Waals surface area contributed by atoms with Gasteiger partial charge in [-0.25, -0.2) is 0 Å². The molecule has 0 unspecified atom stereocenters. The molecule has 6 aromatic rings. The quantitative estimate of drug-likeness (QED) is 0.115. The van der Waals surface area contributed by atoms with E-state index in [2.05, 4.69) is 0 Å². The fourth-order valence-corrected chi connectivity index (χ4v) is 22.7. The fraction of sp³-hybridized carbons (Fsp3) is 0.250. The van der Waals surface area contributed by atoms with Gasteiger partial charge in [0.2, 0.25) is 0 Å². The van der Waals surface area contributed by atoms with Crippen LogP contribution in [0.25, 0.3) is 0 Å². The zero-order chi connectivity index (χ0) is 65.5. The second-order valence-electron chi connectivity index (χ2n) is 17.8. The first-order valence-corrected chi connectivity index (χ1v) is 24.3. The third kappa shape index (κ3) is 9.98. The molecule has 37 heteroatoms. The summed E-state index contributed by atoms with van der Waals surface area (Å²) >= 11 is 0. The van der Waals surface area contributed by atoms with E-state index in [1.54, 1.807) is 0 Å². The fourth-order valence-electron chi connectivity index (χ4n) is 11.2. The Kier molecular flexibility index (Phi) is 15.3. The van der Waals surface area contributed by atoms with Gasteiger partial charge in [-0.1, -0.05) is 0 Å². The summed E-state index contributed by atoms with van der Waals surface area (Å²) in [5, 5.41) is -28.3. The Morgan fingerprint density at radius 1 is 0.165 bits per heavy atom. The van der Waals surface area contributed by atoms with Gasteiger partial charge in [0.1, 0.15) is 0 Å². The molecule has 0 bridgehead atoms. The maximum Gasteiger partial charge on any atom is 1.00 e. The van der Waals surface area contributed by atoms with Crippen molar-refractivity contribution in [3.63, 3.8) is 0 Å². The minimum Gasteiger partial charge on any atom is 1.00 e. The monoisotopic (exact) mass is 1310 g/mol. The molecule has 0 saturated heterocycles. The van der Waals surface area contributed by atoms with Gasteiger partial charge >= 0.3 is 447 Å². The average Bonchev–Trinajstić information content (AvgIpc) is 0.594. The molecule has 0 radical (unpaired) electrons. The minimum absolute atomic E-state index is 0. The van der Waals surface area contributed by atoms with Crippen LogP contribution in [-0.4, -0.2) is 0 Å². The molecule has 6 aromatic carbocycles. The van der Waals surface area contributed by atoms with Gasteiger partial charge in [-0.05, 0) is 0 Å². The zero-order valence-corrected chi connectivity index (χ0v) is 40.3. The molecule has 0 aromatic heterocycles. The molecule has 0 N–H and O–H groups in total. The largest absolute Gasteiger partial charge is 1.00 e. The molecule has 85 heavy (non-hydrogen) atoms. The van der Waals surface area contributed by atoms with Crippen molar-refractivity contribution in [3.8, 4) is 0 Å². The van der Waals surface area contributed by atoms with Crippen LogP contribution in [0.2, 0.25) is 0 Å². The number of rotatable bonds is 6. The number of alkyl halides is 36. The van der Waals surface area contributed by atoms with Gasteiger partial charge in [0.25, 0.3) is 0 Å². The first-order chi connectivity index (χ1) is 37.8. The minimum atomic E-state index is -13.8. The van der Waals surface area contributed by atoms with Gasteiger partial charge < -0.3 is 0 Å². The second-order valence-corrected chi connectivity index (χ2v) is 24.1. The van der Waals surface area contributed by atoms with Gasteiger partial charge in [-0.15, -0.1) is 0 Å². The Bertz CT molecular complexity index is 2960. The van der Waals surface area contributed by atoms with Crippen molar-refractivity contribution in [2.24, 2.45) is 0 Å². The van der Waals surface area contributed by atoms with E-state index in [1.807, 2.05) is 0 Å². The van der Waals surface area contributed by atoms with Crippen LogP contribution < -0.4 is 31.8 Å². The van der Waals surface area contributed by atoms with Gasteiger partial charge in [0, 0.05) is 0 Å². The molecule has 0 aliphatic carbocycles. The van der Waals surface area contributed by atoms with Crippen LogP contribution in [0.5, 0.6) is 0 Å². The van der Waals surface area contributed by atoms with Crippen molar-refractivity contribution in [3.05, 3.63) is 176 Å². The van der Waals surface area contributed by atoms with E-state index in [4.69, 9.17) is 0 Å². The molecule has 0 amide bonds. The van der Waals surface area contributed by atoms with Crippen molar-refractivity contribution in [2.45, 2.75) is 74.1 Å². The molecule has 0 heterocycles. The van der Waals surface area contributed by atoms with E-state index in [0.29, 0.717) is 0 Å². The molecule has 0 atom stereocenters. The van der Waals surface area contributed by atoms with Crippen LogP contribution in [0.1, 0.15) is 68.2 Å². The van der Waals surface area contributed by atoms with Crippen LogP contribution in [0.3, 0.4) is 0 Å². The molecule has 0 fully saturated rings. The number of benzene rings is 6. The summed E-state index contributed by atoms with van der Waals surface area (Å²) < 4.78 is 586. The smallest absolute Gasteiger partial charge is 1.00 e. The van der Waals surface area contributed by atoms with E-state index < -0.39 is 288 Å². The topological polar surface area (TPSA) is 0 Å². The summed E-state index contributed by atoms with van der Waals surface area (Å²) in [6.45, 7) is 0. The van der Waals surface area contributed by atoms with Gasteiger partial charge in [-0.2, -0.15) is 0 Å². The summed E-state index contributed by atoms with van der Waals surface area (Å²) in [4.78, 5) is 0. The van der Waals surface area contributed by atoms with Crippen LogP contribution in [-0.2, 0) is 74.1 Å². The molecule has 0 saturated carbocycles. The van der Waals surface area contributed by atoms with Gasteiger partial charge in [0.15, 0.2) is 0 Å². The number of halogens is 36. The molecular formula is C48H19F36P. The zero-order valence-electron chi connectivity index (χ0n) is 40.4. The van der Waals surface area contributed by atoms with E-state index >= 15 is 158 Å². The Balaban J connectivity index is 0.0000135. The van der Waals surface area contributed by atoms with Crippen molar-refractivity contribution >= 4 is 37.8 Å². The summed E-state index contributed by atoms with van der Waals surface area (Å²) in [7, 11) is 0. The molecule has 6 rings (SSSR count). The molecule has 0 nitrogen and oxygen atoms in total. The number of hydrogen-bond acceptors (Lipinski definition) is 0. The third-order valence-electron chi connectivity index (χ3n) is 13.4. The predicted molar refractivity (Wildman–Crippen MR) is 225 cm³/mol. The molecule has 0 spiro atoms. The first kappa shape index (κ1) is 67.4. The van der Waals surface area contributed by atoms with E-state index in [9.17, 15) is 0 Å². The summed E-state index contributed by atoms with van der Waals surface area (Å²) in [5.74, 6) is -13.8. The normalized spacial score (nSPS) is 15.2. The van der Waals surface area contributed by atoms with Crippen LogP contribution >= 0.6 is 5.94 Å². The van der Waals surface area contributed by atoms with Gasteiger partial charge in [0.05, 0.1) is 0 Å². The van der Waals surface area contributed by atoms with E-state index in [-0.39, 0.29) is 1.43 Å². The van der Waals surface area contributed by atoms with E-state index in [0.717, 1.165) is 0 Å². The first-order valence-electron chi connectivity index (χ1n) is 21.6. The molecule has 0 aliphatic heterocycles. The van der Waals surface area contributed by atoms with Crippen molar-refractivity contribution in [1.82, 2.24) is 0 Å². The van der Waals surface area contributed by atoms with Crippen LogP contribution in [0.15, 0.2) is 109 Å².